The fourth-order valence-corrected chi connectivity index (χ4v) is 6.84. The Morgan fingerprint density at radius 2 is 2.04 bits per heavy atom. The van der Waals surface area contributed by atoms with E-state index in [1.165, 1.54) is 0 Å². The Morgan fingerprint density at radius 1 is 1.28 bits per heavy atom. The summed E-state index contributed by atoms with van der Waals surface area (Å²) in [7, 11) is 0. The zero-order chi connectivity index (χ0) is 18.0. The summed E-state index contributed by atoms with van der Waals surface area (Å²) < 4.78 is 0. The molecule has 0 aromatic heterocycles. The molecular weight excluding hydrogens is 320 g/mol. The van der Waals surface area contributed by atoms with Crippen molar-refractivity contribution in [1.82, 2.24) is 0 Å². The van der Waals surface area contributed by atoms with Crippen molar-refractivity contribution >= 4 is 11.6 Å². The normalized spacial score (nSPS) is 49.0. The number of ketones is 2. The van der Waals surface area contributed by atoms with Crippen LogP contribution in [0.15, 0.2) is 11.6 Å². The molecule has 25 heavy (non-hydrogen) atoms. The van der Waals surface area contributed by atoms with Crippen LogP contribution < -0.4 is 0 Å². The van der Waals surface area contributed by atoms with Crippen molar-refractivity contribution in [2.45, 2.75) is 63.6 Å². The van der Waals surface area contributed by atoms with E-state index >= 15 is 0 Å². The number of carbonyl (C=O) groups is 2. The van der Waals surface area contributed by atoms with Gasteiger partial charge in [-0.2, -0.15) is 0 Å². The van der Waals surface area contributed by atoms with Crippen LogP contribution in [0.5, 0.6) is 0 Å². The molecule has 3 saturated carbocycles. The number of rotatable bonds is 2. The van der Waals surface area contributed by atoms with Crippen LogP contribution in [0.3, 0.4) is 0 Å². The summed E-state index contributed by atoms with van der Waals surface area (Å²) in [5, 5.41) is 31.6. The van der Waals surface area contributed by atoms with E-state index in [1.54, 1.807) is 6.08 Å². The maximum absolute atomic E-state index is 12.1. The van der Waals surface area contributed by atoms with E-state index in [9.17, 15) is 24.9 Å². The van der Waals surface area contributed by atoms with E-state index in [1.807, 2.05) is 0 Å². The highest BCUT2D eigenvalue weighted by Crippen LogP contribution is 2.63. The predicted octanol–water partition coefficient (Wildman–Crippen LogP) is 1.39. The van der Waals surface area contributed by atoms with E-state index < -0.39 is 24.2 Å². The van der Waals surface area contributed by atoms with Crippen LogP contribution >= 0.6 is 0 Å². The van der Waals surface area contributed by atoms with Gasteiger partial charge in [-0.25, -0.2) is 0 Å². The molecule has 0 heterocycles. The minimum Gasteiger partial charge on any atom is -0.393 e. The highest BCUT2D eigenvalue weighted by molar-refractivity contribution is 5.91. The first-order valence-electron chi connectivity index (χ1n) is 9.59. The Kier molecular flexibility index (Phi) is 3.98. The van der Waals surface area contributed by atoms with E-state index in [0.717, 1.165) is 31.3 Å². The number of Topliss-reactive ketones (excluding diaryl/α,β-unsaturated/α-hetero) is 1. The van der Waals surface area contributed by atoms with Gasteiger partial charge in [0.25, 0.3) is 0 Å². The molecule has 138 valence electrons. The Labute approximate surface area is 148 Å². The summed E-state index contributed by atoms with van der Waals surface area (Å²) in [5.74, 6) is -0.480. The first kappa shape index (κ1) is 17.4. The molecule has 4 aliphatic rings. The minimum absolute atomic E-state index is 0.00240. The summed E-state index contributed by atoms with van der Waals surface area (Å²) in [6, 6.07) is 0. The molecule has 5 heteroatoms. The smallest absolute Gasteiger partial charge is 0.164 e. The Bertz CT molecular complexity index is 640. The average Bonchev–Trinajstić information content (AvgIpc) is 2.91. The van der Waals surface area contributed by atoms with Crippen molar-refractivity contribution in [3.05, 3.63) is 11.6 Å². The molecule has 0 saturated heterocycles. The van der Waals surface area contributed by atoms with E-state index in [4.69, 9.17) is 0 Å². The van der Waals surface area contributed by atoms with Gasteiger partial charge in [0.2, 0.25) is 0 Å². The van der Waals surface area contributed by atoms with Crippen LogP contribution in [0.4, 0.5) is 0 Å². The number of allylic oxidation sites excluding steroid dienone is 1. The average molecular weight is 348 g/mol. The summed E-state index contributed by atoms with van der Waals surface area (Å²) in [6.45, 7) is 1.62. The van der Waals surface area contributed by atoms with Gasteiger partial charge in [-0.15, -0.1) is 0 Å². The summed E-state index contributed by atoms with van der Waals surface area (Å²) in [5.41, 5.74) is -0.213. The Hall–Kier alpha value is -1.04. The van der Waals surface area contributed by atoms with Crippen LogP contribution in [0.25, 0.3) is 0 Å². The molecule has 0 radical (unpaired) electrons. The van der Waals surface area contributed by atoms with Gasteiger partial charge in [-0.3, -0.25) is 9.59 Å². The van der Waals surface area contributed by atoms with Crippen LogP contribution in [0.2, 0.25) is 0 Å². The van der Waals surface area contributed by atoms with Crippen molar-refractivity contribution in [3.63, 3.8) is 0 Å². The van der Waals surface area contributed by atoms with Crippen molar-refractivity contribution in [2.24, 2.45) is 29.1 Å². The fourth-order valence-electron chi connectivity index (χ4n) is 6.84. The van der Waals surface area contributed by atoms with Crippen molar-refractivity contribution in [1.29, 1.82) is 0 Å². The molecular formula is C20H28O5. The topological polar surface area (TPSA) is 94.8 Å². The van der Waals surface area contributed by atoms with Gasteiger partial charge in [0.1, 0.15) is 6.61 Å². The van der Waals surface area contributed by atoms with Gasteiger partial charge in [0.05, 0.1) is 11.7 Å². The second kappa shape index (κ2) is 5.73. The molecule has 0 unspecified atom stereocenters. The largest absolute Gasteiger partial charge is 0.393 e. The van der Waals surface area contributed by atoms with Gasteiger partial charge in [-0.05, 0) is 61.3 Å². The first-order chi connectivity index (χ1) is 11.8. The van der Waals surface area contributed by atoms with Gasteiger partial charge in [-0.1, -0.05) is 12.5 Å². The molecule has 4 rings (SSSR count). The third kappa shape index (κ3) is 2.32. The lowest BCUT2D eigenvalue weighted by Gasteiger charge is -2.59. The summed E-state index contributed by atoms with van der Waals surface area (Å²) in [4.78, 5) is 24.0. The van der Waals surface area contributed by atoms with Gasteiger partial charge >= 0.3 is 0 Å². The molecule has 0 bridgehead atoms. The third-order valence-electron chi connectivity index (χ3n) is 7.93. The SMILES string of the molecule is C[C@]12CCC(=O)C=C1CC[C@@H]1[C@@H]2[C@@H](O)C[C@]2(O)[C@@H](C(=O)CO)CC[C@@H]12. The monoisotopic (exact) mass is 348 g/mol. The summed E-state index contributed by atoms with van der Waals surface area (Å²) in [6.07, 6.45) is 5.65. The van der Waals surface area contributed by atoms with Gasteiger partial charge in [0, 0.05) is 18.8 Å². The maximum atomic E-state index is 12.1. The standard InChI is InChI=1S/C20H28O5/c1-19-7-6-12(22)8-11(19)2-3-13-14-4-5-15(17(24)10-21)20(14,25)9-16(23)18(13)19/h8,13-16,18,21,23,25H,2-7,9-10H2,1H3/t13-,14-,15+,16-,18+,19-,20+/m0/s1. The highest BCUT2D eigenvalue weighted by Gasteiger charge is 2.64. The number of aliphatic hydroxyl groups excluding tert-OH is 2. The molecule has 0 amide bonds. The lowest BCUT2D eigenvalue weighted by molar-refractivity contribution is -0.179. The maximum Gasteiger partial charge on any atom is 0.164 e. The predicted molar refractivity (Wildman–Crippen MR) is 90.5 cm³/mol. The van der Waals surface area contributed by atoms with E-state index in [-0.39, 0.29) is 41.2 Å². The number of aliphatic hydroxyl groups is 3. The lowest BCUT2D eigenvalue weighted by Crippen LogP contribution is -2.61. The fraction of sp³-hybridized carbons (Fsp3) is 0.800. The van der Waals surface area contributed by atoms with E-state index in [0.29, 0.717) is 12.8 Å². The Morgan fingerprint density at radius 3 is 2.76 bits per heavy atom. The summed E-state index contributed by atoms with van der Waals surface area (Å²) >= 11 is 0. The van der Waals surface area contributed by atoms with Gasteiger partial charge in [0.15, 0.2) is 11.6 Å². The van der Waals surface area contributed by atoms with Crippen molar-refractivity contribution in [3.8, 4) is 0 Å². The van der Waals surface area contributed by atoms with Crippen molar-refractivity contribution in [2.75, 3.05) is 6.61 Å². The zero-order valence-electron chi connectivity index (χ0n) is 14.8. The molecule has 3 N–H and O–H groups in total. The quantitative estimate of drug-likeness (QED) is 0.701. The molecule has 5 nitrogen and oxygen atoms in total. The van der Waals surface area contributed by atoms with E-state index in [2.05, 4.69) is 6.92 Å². The number of carbonyl (C=O) groups excluding carboxylic acids is 2. The van der Waals surface area contributed by atoms with Crippen LogP contribution in [0.1, 0.15) is 51.9 Å². The number of hydrogen-bond acceptors (Lipinski definition) is 5. The minimum atomic E-state index is -1.19. The van der Waals surface area contributed by atoms with Gasteiger partial charge < -0.3 is 15.3 Å². The molecule has 0 spiro atoms. The molecule has 3 fully saturated rings. The molecule has 7 atom stereocenters. The second-order valence-corrected chi connectivity index (χ2v) is 8.91. The number of fused-ring (bicyclic) bond motifs is 5. The third-order valence-corrected chi connectivity index (χ3v) is 7.93. The van der Waals surface area contributed by atoms with Crippen LogP contribution in [0, 0.1) is 29.1 Å². The van der Waals surface area contributed by atoms with Crippen molar-refractivity contribution < 1.29 is 24.9 Å². The Balaban J connectivity index is 1.70. The molecule has 0 aliphatic heterocycles. The van der Waals surface area contributed by atoms with Crippen LogP contribution in [-0.4, -0.2) is 45.2 Å². The molecule has 0 aromatic rings. The lowest BCUT2D eigenvalue weighted by atomic mass is 9.48. The molecule has 4 aliphatic carbocycles. The number of hydrogen-bond donors (Lipinski definition) is 3. The second-order valence-electron chi connectivity index (χ2n) is 8.91. The molecule has 0 aromatic carbocycles. The zero-order valence-corrected chi connectivity index (χ0v) is 14.8. The first-order valence-corrected chi connectivity index (χ1v) is 9.59. The highest BCUT2D eigenvalue weighted by atomic mass is 16.3. The van der Waals surface area contributed by atoms with Crippen LogP contribution in [-0.2, 0) is 9.59 Å².